The molecule has 0 aromatic heterocycles. The summed E-state index contributed by atoms with van der Waals surface area (Å²) in [5.41, 5.74) is 6.19. The SMILES string of the molecule is CCCCCCCCCCCCN1C(=O)C(CC(=O)O)SC12CCN(C(=O)C(N)C(C)CC)CC2.Cl. The van der Waals surface area contributed by atoms with Gasteiger partial charge in [-0.15, -0.1) is 24.2 Å². The van der Waals surface area contributed by atoms with E-state index in [1.807, 2.05) is 23.6 Å². The van der Waals surface area contributed by atoms with Crippen LogP contribution in [-0.2, 0) is 14.4 Å². The highest BCUT2D eigenvalue weighted by Gasteiger charge is 2.53. The lowest BCUT2D eigenvalue weighted by Crippen LogP contribution is -2.56. The molecule has 2 saturated heterocycles. The fourth-order valence-electron chi connectivity index (χ4n) is 5.28. The third-order valence-electron chi connectivity index (χ3n) is 7.89. The molecule has 0 saturated carbocycles. The van der Waals surface area contributed by atoms with E-state index in [-0.39, 0.29) is 36.6 Å². The molecule has 3 unspecified atom stereocenters. The van der Waals surface area contributed by atoms with Crippen LogP contribution in [0.15, 0.2) is 0 Å². The van der Waals surface area contributed by atoms with Crippen LogP contribution in [0.2, 0.25) is 0 Å². The number of unbranched alkanes of at least 4 members (excludes halogenated alkanes) is 9. The van der Waals surface area contributed by atoms with E-state index < -0.39 is 22.1 Å². The van der Waals surface area contributed by atoms with Crippen molar-refractivity contribution in [2.24, 2.45) is 11.7 Å². The number of rotatable bonds is 16. The van der Waals surface area contributed by atoms with Gasteiger partial charge in [0.1, 0.15) is 0 Å². The van der Waals surface area contributed by atoms with Gasteiger partial charge in [-0.2, -0.15) is 0 Å². The van der Waals surface area contributed by atoms with Gasteiger partial charge < -0.3 is 20.6 Å². The van der Waals surface area contributed by atoms with Crippen molar-refractivity contribution in [3.63, 3.8) is 0 Å². The fraction of sp³-hybridized carbons (Fsp3) is 0.889. The van der Waals surface area contributed by atoms with Gasteiger partial charge in [-0.05, 0) is 25.2 Å². The lowest BCUT2D eigenvalue weighted by molar-refractivity contribution is -0.142. The molecule has 2 amide bonds. The molecule has 36 heavy (non-hydrogen) atoms. The van der Waals surface area contributed by atoms with E-state index in [0.717, 1.165) is 19.3 Å². The fourth-order valence-corrected chi connectivity index (χ4v) is 7.00. The Morgan fingerprint density at radius 2 is 1.56 bits per heavy atom. The second-order valence-corrected chi connectivity index (χ2v) is 12.1. The van der Waals surface area contributed by atoms with Gasteiger partial charge in [0, 0.05) is 19.6 Å². The molecule has 0 aliphatic carbocycles. The molecule has 1 spiro atoms. The molecule has 0 bridgehead atoms. The molecule has 2 heterocycles. The predicted molar refractivity (Wildman–Crippen MR) is 150 cm³/mol. The maximum atomic E-state index is 13.2. The van der Waals surface area contributed by atoms with Crippen molar-refractivity contribution in [3.8, 4) is 0 Å². The molecule has 2 rings (SSSR count). The van der Waals surface area contributed by atoms with Crippen LogP contribution >= 0.6 is 24.2 Å². The van der Waals surface area contributed by atoms with Crippen LogP contribution in [0, 0.1) is 5.92 Å². The standard InChI is InChI=1S/C27H49N3O4S.ClH/c1-4-6-7-8-9-10-11-12-13-14-17-30-25(33)22(20-23(31)32)35-27(30)15-18-29(19-16-27)26(34)24(28)21(3)5-2;/h21-22,24H,4-20,28H2,1-3H3,(H,31,32);1H. The van der Waals surface area contributed by atoms with E-state index in [1.54, 1.807) is 0 Å². The number of hydrogen-bond acceptors (Lipinski definition) is 5. The normalized spacial score (nSPS) is 20.9. The molecule has 210 valence electrons. The van der Waals surface area contributed by atoms with Crippen LogP contribution in [-0.4, -0.2) is 68.5 Å². The van der Waals surface area contributed by atoms with Gasteiger partial charge in [-0.1, -0.05) is 85.0 Å². The summed E-state index contributed by atoms with van der Waals surface area (Å²) < 4.78 is 0. The largest absolute Gasteiger partial charge is 0.481 e. The van der Waals surface area contributed by atoms with E-state index >= 15 is 0 Å². The number of carbonyl (C=O) groups excluding carboxylic acids is 2. The number of aliphatic carboxylic acids is 1. The summed E-state index contributed by atoms with van der Waals surface area (Å²) in [4.78, 5) is 40.9. The Kier molecular flexibility index (Phi) is 15.4. The second kappa shape index (κ2) is 16.8. The summed E-state index contributed by atoms with van der Waals surface area (Å²) in [5, 5.41) is 8.80. The van der Waals surface area contributed by atoms with Crippen molar-refractivity contribution in [2.45, 2.75) is 127 Å². The van der Waals surface area contributed by atoms with Crippen LogP contribution < -0.4 is 5.73 Å². The minimum atomic E-state index is -0.932. The first kappa shape index (κ1) is 33.0. The number of piperidine rings is 1. The van der Waals surface area contributed by atoms with Crippen LogP contribution in [0.25, 0.3) is 0 Å². The topological polar surface area (TPSA) is 104 Å². The highest BCUT2D eigenvalue weighted by molar-refractivity contribution is 8.02. The van der Waals surface area contributed by atoms with Crippen LogP contribution in [0.5, 0.6) is 0 Å². The molecule has 3 N–H and O–H groups in total. The third-order valence-corrected chi connectivity index (χ3v) is 9.61. The summed E-state index contributed by atoms with van der Waals surface area (Å²) >= 11 is 1.52. The quantitative estimate of drug-likeness (QED) is 0.249. The van der Waals surface area contributed by atoms with Gasteiger partial charge in [0.2, 0.25) is 11.8 Å². The molecule has 7 nitrogen and oxygen atoms in total. The number of hydrogen-bond donors (Lipinski definition) is 2. The first-order valence-electron chi connectivity index (χ1n) is 14.0. The smallest absolute Gasteiger partial charge is 0.305 e. The minimum absolute atomic E-state index is 0. The highest BCUT2D eigenvalue weighted by atomic mass is 35.5. The molecule has 2 aliphatic rings. The summed E-state index contributed by atoms with van der Waals surface area (Å²) in [6, 6.07) is -0.491. The highest BCUT2D eigenvalue weighted by Crippen LogP contribution is 2.49. The molecule has 9 heteroatoms. The number of nitrogens with two attached hydrogens (primary N) is 1. The van der Waals surface area contributed by atoms with Crippen molar-refractivity contribution in [3.05, 3.63) is 0 Å². The number of carboxylic acid groups (broad SMARTS) is 1. The molecule has 0 radical (unpaired) electrons. The number of likely N-dealkylation sites (tertiary alicyclic amines) is 1. The monoisotopic (exact) mass is 547 g/mol. The van der Waals surface area contributed by atoms with E-state index in [9.17, 15) is 19.5 Å². The first-order valence-corrected chi connectivity index (χ1v) is 14.9. The molecule has 2 aliphatic heterocycles. The Hall–Kier alpha value is -0.990. The Balaban J connectivity index is 0.00000648. The Labute approximate surface area is 229 Å². The first-order chi connectivity index (χ1) is 16.8. The maximum absolute atomic E-state index is 13.2. The van der Waals surface area contributed by atoms with Gasteiger partial charge in [0.15, 0.2) is 0 Å². The predicted octanol–water partition coefficient (Wildman–Crippen LogP) is 5.44. The van der Waals surface area contributed by atoms with Gasteiger partial charge in [0.25, 0.3) is 0 Å². The number of amides is 2. The van der Waals surface area contributed by atoms with Crippen molar-refractivity contribution < 1.29 is 19.5 Å². The number of nitrogens with zero attached hydrogens (tertiary/aromatic N) is 2. The molecule has 2 fully saturated rings. The van der Waals surface area contributed by atoms with Crippen molar-refractivity contribution >= 4 is 42.0 Å². The average Bonchev–Trinajstić information content (AvgIpc) is 3.08. The zero-order valence-corrected chi connectivity index (χ0v) is 24.3. The number of carboxylic acids is 1. The van der Waals surface area contributed by atoms with Crippen LogP contribution in [0.4, 0.5) is 0 Å². The molecule has 3 atom stereocenters. The van der Waals surface area contributed by atoms with E-state index in [2.05, 4.69) is 6.92 Å². The lowest BCUT2D eigenvalue weighted by atomic mass is 9.96. The van der Waals surface area contributed by atoms with Gasteiger partial charge in [0.05, 0.1) is 22.6 Å². The summed E-state index contributed by atoms with van der Waals surface area (Å²) in [6.07, 6.45) is 14.5. The van der Waals surface area contributed by atoms with Crippen LogP contribution in [0.1, 0.15) is 111 Å². The summed E-state index contributed by atoms with van der Waals surface area (Å²) in [5.74, 6) is -0.844. The average molecular weight is 548 g/mol. The van der Waals surface area contributed by atoms with Gasteiger partial charge in [-0.25, -0.2) is 0 Å². The zero-order valence-electron chi connectivity index (χ0n) is 22.7. The zero-order chi connectivity index (χ0) is 25.8. The van der Waals surface area contributed by atoms with Crippen molar-refractivity contribution in [1.29, 1.82) is 0 Å². The summed E-state index contributed by atoms with van der Waals surface area (Å²) in [6.45, 7) is 8.10. The number of carbonyl (C=O) groups is 3. The van der Waals surface area contributed by atoms with Crippen LogP contribution in [0.3, 0.4) is 0 Å². The number of thioether (sulfide) groups is 1. The Morgan fingerprint density at radius 3 is 2.06 bits per heavy atom. The van der Waals surface area contributed by atoms with E-state index in [0.29, 0.717) is 32.5 Å². The Morgan fingerprint density at radius 1 is 1.03 bits per heavy atom. The molecular weight excluding hydrogens is 498 g/mol. The molecule has 0 aromatic rings. The van der Waals surface area contributed by atoms with Gasteiger partial charge >= 0.3 is 5.97 Å². The number of halogens is 1. The molecular formula is C27H50ClN3O4S. The van der Waals surface area contributed by atoms with Crippen molar-refractivity contribution in [2.75, 3.05) is 19.6 Å². The third kappa shape index (κ3) is 9.39. The van der Waals surface area contributed by atoms with E-state index in [1.165, 1.54) is 63.1 Å². The van der Waals surface area contributed by atoms with E-state index in [4.69, 9.17) is 5.73 Å². The summed E-state index contributed by atoms with van der Waals surface area (Å²) in [7, 11) is 0. The maximum Gasteiger partial charge on any atom is 0.305 e. The second-order valence-electron chi connectivity index (χ2n) is 10.6. The Bertz CT molecular complexity index is 688. The lowest BCUT2D eigenvalue weighted by Gasteiger charge is -2.44. The minimum Gasteiger partial charge on any atom is -0.481 e. The molecule has 0 aromatic carbocycles. The van der Waals surface area contributed by atoms with Gasteiger partial charge in [-0.3, -0.25) is 14.4 Å². The van der Waals surface area contributed by atoms with Crippen molar-refractivity contribution in [1.82, 2.24) is 9.80 Å².